The average Bonchev–Trinajstić information content (AvgIpc) is 2.96. The molecule has 1 aromatic rings. The van der Waals surface area contributed by atoms with Crippen molar-refractivity contribution in [2.75, 3.05) is 18.4 Å². The summed E-state index contributed by atoms with van der Waals surface area (Å²) in [6.45, 7) is 8.41. The van der Waals surface area contributed by atoms with Gasteiger partial charge in [0, 0.05) is 12.2 Å². The summed E-state index contributed by atoms with van der Waals surface area (Å²) >= 11 is 0. The van der Waals surface area contributed by atoms with E-state index in [0.717, 1.165) is 13.1 Å². The summed E-state index contributed by atoms with van der Waals surface area (Å²) in [7, 11) is 0. The molecule has 1 aliphatic heterocycles. The maximum absolute atomic E-state index is 12.3. The van der Waals surface area contributed by atoms with Crippen molar-refractivity contribution in [2.45, 2.75) is 33.2 Å². The van der Waals surface area contributed by atoms with Crippen molar-refractivity contribution >= 4 is 11.6 Å². The first kappa shape index (κ1) is 15.5. The van der Waals surface area contributed by atoms with Crippen LogP contribution in [0, 0.1) is 23.2 Å². The molecule has 4 heteroatoms. The van der Waals surface area contributed by atoms with E-state index in [0.29, 0.717) is 23.1 Å². The van der Waals surface area contributed by atoms with Gasteiger partial charge in [-0.2, -0.15) is 5.26 Å². The number of benzene rings is 1. The van der Waals surface area contributed by atoms with Crippen LogP contribution < -0.4 is 5.32 Å². The van der Waals surface area contributed by atoms with Crippen LogP contribution in [0.15, 0.2) is 24.3 Å². The van der Waals surface area contributed by atoms with Gasteiger partial charge in [0.2, 0.25) is 5.91 Å². The SMILES string of the molecule is CC(C)C1CCN(C(C)C(=O)Nc2cccc(C#N)c2)C1. The summed E-state index contributed by atoms with van der Waals surface area (Å²) < 4.78 is 0. The second kappa shape index (κ2) is 6.73. The van der Waals surface area contributed by atoms with E-state index < -0.39 is 0 Å². The van der Waals surface area contributed by atoms with E-state index in [9.17, 15) is 4.79 Å². The largest absolute Gasteiger partial charge is 0.325 e. The van der Waals surface area contributed by atoms with Gasteiger partial charge in [0.1, 0.15) is 0 Å². The van der Waals surface area contributed by atoms with Crippen LogP contribution >= 0.6 is 0 Å². The van der Waals surface area contributed by atoms with Crippen LogP contribution in [-0.4, -0.2) is 29.9 Å². The van der Waals surface area contributed by atoms with Gasteiger partial charge in [0.15, 0.2) is 0 Å². The molecule has 112 valence electrons. The molecular formula is C17H23N3O. The number of nitriles is 1. The molecule has 0 radical (unpaired) electrons. The van der Waals surface area contributed by atoms with E-state index >= 15 is 0 Å². The van der Waals surface area contributed by atoms with E-state index in [1.54, 1.807) is 18.2 Å². The number of carbonyl (C=O) groups excluding carboxylic acids is 1. The lowest BCUT2D eigenvalue weighted by Gasteiger charge is -2.24. The third-order valence-electron chi connectivity index (χ3n) is 4.39. The van der Waals surface area contributed by atoms with Crippen molar-refractivity contribution in [3.8, 4) is 6.07 Å². The second-order valence-corrected chi connectivity index (χ2v) is 6.15. The maximum atomic E-state index is 12.3. The Labute approximate surface area is 126 Å². The summed E-state index contributed by atoms with van der Waals surface area (Å²) in [4.78, 5) is 14.6. The Morgan fingerprint density at radius 3 is 2.81 bits per heavy atom. The number of anilines is 1. The van der Waals surface area contributed by atoms with Gasteiger partial charge >= 0.3 is 0 Å². The molecular weight excluding hydrogens is 262 g/mol. The number of hydrogen-bond acceptors (Lipinski definition) is 3. The summed E-state index contributed by atoms with van der Waals surface area (Å²) in [6, 6.07) is 8.96. The molecule has 0 aliphatic carbocycles. The summed E-state index contributed by atoms with van der Waals surface area (Å²) in [5.41, 5.74) is 1.24. The number of nitrogens with one attached hydrogen (secondary N) is 1. The van der Waals surface area contributed by atoms with Crippen LogP contribution in [0.1, 0.15) is 32.8 Å². The summed E-state index contributed by atoms with van der Waals surface area (Å²) in [5.74, 6) is 1.34. The zero-order valence-electron chi connectivity index (χ0n) is 13.0. The topological polar surface area (TPSA) is 56.1 Å². The molecule has 1 amide bonds. The molecule has 0 bridgehead atoms. The number of carbonyl (C=O) groups is 1. The van der Waals surface area contributed by atoms with Crippen molar-refractivity contribution in [2.24, 2.45) is 11.8 Å². The highest BCUT2D eigenvalue weighted by Gasteiger charge is 2.30. The van der Waals surface area contributed by atoms with Gasteiger partial charge in [0.05, 0.1) is 17.7 Å². The molecule has 2 atom stereocenters. The molecule has 1 saturated heterocycles. The zero-order valence-corrected chi connectivity index (χ0v) is 13.0. The lowest BCUT2D eigenvalue weighted by atomic mass is 9.95. The minimum absolute atomic E-state index is 0.00510. The Morgan fingerprint density at radius 2 is 2.19 bits per heavy atom. The minimum Gasteiger partial charge on any atom is -0.325 e. The van der Waals surface area contributed by atoms with E-state index in [-0.39, 0.29) is 11.9 Å². The zero-order chi connectivity index (χ0) is 15.4. The number of likely N-dealkylation sites (tertiary alicyclic amines) is 1. The molecule has 0 spiro atoms. The van der Waals surface area contributed by atoms with E-state index in [4.69, 9.17) is 5.26 Å². The fraction of sp³-hybridized carbons (Fsp3) is 0.529. The van der Waals surface area contributed by atoms with Crippen LogP contribution in [-0.2, 0) is 4.79 Å². The van der Waals surface area contributed by atoms with Crippen molar-refractivity contribution in [1.82, 2.24) is 4.90 Å². The highest BCUT2D eigenvalue weighted by molar-refractivity contribution is 5.94. The molecule has 1 heterocycles. The van der Waals surface area contributed by atoms with Crippen LogP contribution in [0.2, 0.25) is 0 Å². The van der Waals surface area contributed by atoms with Crippen LogP contribution in [0.5, 0.6) is 0 Å². The Bertz CT molecular complexity index is 547. The number of hydrogen-bond donors (Lipinski definition) is 1. The normalized spacial score (nSPS) is 20.2. The third kappa shape index (κ3) is 3.83. The highest BCUT2D eigenvalue weighted by atomic mass is 16.2. The van der Waals surface area contributed by atoms with Gasteiger partial charge in [-0.3, -0.25) is 9.69 Å². The van der Waals surface area contributed by atoms with Gasteiger partial charge in [-0.25, -0.2) is 0 Å². The molecule has 1 N–H and O–H groups in total. The standard InChI is InChI=1S/C17H23N3O/c1-12(2)15-7-8-20(11-15)13(3)17(21)19-16-6-4-5-14(9-16)10-18/h4-6,9,12-13,15H,7-8,11H2,1-3H3,(H,19,21). The molecule has 1 fully saturated rings. The maximum Gasteiger partial charge on any atom is 0.241 e. The third-order valence-corrected chi connectivity index (χ3v) is 4.39. The first-order chi connectivity index (χ1) is 10.0. The van der Waals surface area contributed by atoms with Gasteiger partial charge in [-0.1, -0.05) is 19.9 Å². The molecule has 4 nitrogen and oxygen atoms in total. The first-order valence-corrected chi connectivity index (χ1v) is 7.56. The second-order valence-electron chi connectivity index (χ2n) is 6.15. The highest BCUT2D eigenvalue weighted by Crippen LogP contribution is 2.25. The van der Waals surface area contributed by atoms with Crippen LogP contribution in [0.3, 0.4) is 0 Å². The predicted octanol–water partition coefficient (Wildman–Crippen LogP) is 2.86. The van der Waals surface area contributed by atoms with Crippen molar-refractivity contribution in [1.29, 1.82) is 5.26 Å². The Hall–Kier alpha value is -1.86. The molecule has 0 saturated carbocycles. The molecule has 21 heavy (non-hydrogen) atoms. The van der Waals surface area contributed by atoms with Crippen LogP contribution in [0.25, 0.3) is 0 Å². The van der Waals surface area contributed by atoms with Crippen LogP contribution in [0.4, 0.5) is 5.69 Å². The number of amides is 1. The Balaban J connectivity index is 1.95. The smallest absolute Gasteiger partial charge is 0.241 e. The van der Waals surface area contributed by atoms with Gasteiger partial charge < -0.3 is 5.32 Å². The first-order valence-electron chi connectivity index (χ1n) is 7.56. The lowest BCUT2D eigenvalue weighted by molar-refractivity contribution is -0.120. The van der Waals surface area contributed by atoms with Gasteiger partial charge in [-0.05, 0) is 49.9 Å². The number of nitrogens with zero attached hydrogens (tertiary/aromatic N) is 2. The summed E-state index contributed by atoms with van der Waals surface area (Å²) in [6.07, 6.45) is 1.17. The quantitative estimate of drug-likeness (QED) is 0.925. The molecule has 1 aromatic carbocycles. The lowest BCUT2D eigenvalue weighted by Crippen LogP contribution is -2.40. The monoisotopic (exact) mass is 285 g/mol. The fourth-order valence-corrected chi connectivity index (χ4v) is 2.79. The number of rotatable bonds is 4. The molecule has 2 rings (SSSR count). The molecule has 0 aromatic heterocycles. The fourth-order valence-electron chi connectivity index (χ4n) is 2.79. The van der Waals surface area contributed by atoms with Crippen molar-refractivity contribution in [3.63, 3.8) is 0 Å². The minimum atomic E-state index is -0.139. The van der Waals surface area contributed by atoms with E-state index in [1.807, 2.05) is 13.0 Å². The predicted molar refractivity (Wildman–Crippen MR) is 83.8 cm³/mol. The van der Waals surface area contributed by atoms with Crippen molar-refractivity contribution in [3.05, 3.63) is 29.8 Å². The summed E-state index contributed by atoms with van der Waals surface area (Å²) in [5, 5.41) is 11.8. The Morgan fingerprint density at radius 1 is 1.43 bits per heavy atom. The van der Waals surface area contributed by atoms with E-state index in [2.05, 4.69) is 30.1 Å². The average molecular weight is 285 g/mol. The van der Waals surface area contributed by atoms with Gasteiger partial charge in [0.25, 0.3) is 0 Å². The molecule has 1 aliphatic rings. The Kier molecular flexibility index (Phi) is 4.98. The van der Waals surface area contributed by atoms with E-state index in [1.165, 1.54) is 6.42 Å². The van der Waals surface area contributed by atoms with Gasteiger partial charge in [-0.15, -0.1) is 0 Å². The van der Waals surface area contributed by atoms with Crippen molar-refractivity contribution < 1.29 is 4.79 Å². The molecule has 2 unspecified atom stereocenters.